The summed E-state index contributed by atoms with van der Waals surface area (Å²) in [6, 6.07) is 10.2. The predicted molar refractivity (Wildman–Crippen MR) is 85.2 cm³/mol. The second kappa shape index (κ2) is 7.04. The number of rotatable bonds is 6. The Morgan fingerprint density at radius 1 is 1.14 bits per heavy atom. The highest BCUT2D eigenvalue weighted by Crippen LogP contribution is 2.26. The molecule has 0 aliphatic carbocycles. The molecule has 0 fully saturated rings. The van der Waals surface area contributed by atoms with Gasteiger partial charge in [0.2, 0.25) is 5.88 Å². The van der Waals surface area contributed by atoms with E-state index in [1.807, 2.05) is 13.0 Å². The van der Waals surface area contributed by atoms with Crippen LogP contribution in [-0.2, 0) is 0 Å². The molecule has 0 aliphatic heterocycles. The van der Waals surface area contributed by atoms with Gasteiger partial charge in [-0.05, 0) is 38.9 Å². The van der Waals surface area contributed by atoms with E-state index >= 15 is 0 Å². The maximum absolute atomic E-state index is 5.66. The molecule has 2 aromatic rings. The number of aromatic nitrogens is 2. The van der Waals surface area contributed by atoms with Crippen LogP contribution in [0.4, 0.5) is 11.5 Å². The summed E-state index contributed by atoms with van der Waals surface area (Å²) < 4.78 is 5.24. The number of hydrogen-bond donors (Lipinski definition) is 1. The minimum Gasteiger partial charge on any atom is -0.481 e. The normalized spacial score (nSPS) is 10.5. The van der Waals surface area contributed by atoms with Crippen molar-refractivity contribution in [2.24, 2.45) is 5.73 Å². The van der Waals surface area contributed by atoms with Crippen LogP contribution in [0.15, 0.2) is 30.3 Å². The first-order chi connectivity index (χ1) is 10.1. The van der Waals surface area contributed by atoms with Crippen molar-refractivity contribution >= 4 is 11.5 Å². The van der Waals surface area contributed by atoms with Crippen molar-refractivity contribution in [3.05, 3.63) is 41.7 Å². The number of hydrogen-bond acceptors (Lipinski definition) is 5. The molecular weight excluding hydrogens is 264 g/mol. The van der Waals surface area contributed by atoms with Crippen molar-refractivity contribution < 1.29 is 4.74 Å². The van der Waals surface area contributed by atoms with E-state index in [4.69, 9.17) is 10.5 Å². The zero-order valence-corrected chi connectivity index (χ0v) is 12.8. The highest BCUT2D eigenvalue weighted by molar-refractivity contribution is 5.61. The summed E-state index contributed by atoms with van der Waals surface area (Å²) >= 11 is 0. The zero-order valence-electron chi connectivity index (χ0n) is 12.8. The maximum atomic E-state index is 5.66. The molecule has 0 atom stereocenters. The summed E-state index contributed by atoms with van der Waals surface area (Å²) in [7, 11) is 1.61. The molecule has 2 N–H and O–H groups in total. The Morgan fingerprint density at radius 3 is 2.48 bits per heavy atom. The molecule has 0 unspecified atom stereocenters. The minimum atomic E-state index is 0.572. The van der Waals surface area contributed by atoms with Crippen LogP contribution in [0.5, 0.6) is 5.88 Å². The lowest BCUT2D eigenvalue weighted by Gasteiger charge is -2.24. The van der Waals surface area contributed by atoms with Crippen LogP contribution in [0.3, 0.4) is 0 Å². The van der Waals surface area contributed by atoms with Crippen LogP contribution in [0, 0.1) is 13.8 Å². The van der Waals surface area contributed by atoms with Crippen molar-refractivity contribution in [2.75, 3.05) is 25.1 Å². The molecule has 1 aromatic heterocycles. The van der Waals surface area contributed by atoms with E-state index in [9.17, 15) is 0 Å². The second-order valence-electron chi connectivity index (χ2n) is 4.95. The first kappa shape index (κ1) is 15.3. The van der Waals surface area contributed by atoms with E-state index < -0.39 is 0 Å². The number of benzene rings is 1. The Hall–Kier alpha value is -2.14. The van der Waals surface area contributed by atoms with Crippen molar-refractivity contribution in [3.8, 4) is 5.88 Å². The third-order valence-electron chi connectivity index (χ3n) is 3.22. The highest BCUT2D eigenvalue weighted by atomic mass is 16.5. The average molecular weight is 286 g/mol. The van der Waals surface area contributed by atoms with Crippen LogP contribution in [0.1, 0.15) is 17.8 Å². The molecule has 1 aromatic carbocycles. The molecular formula is C16H22N4O. The van der Waals surface area contributed by atoms with Gasteiger partial charge in [0.25, 0.3) is 0 Å². The van der Waals surface area contributed by atoms with E-state index in [1.165, 1.54) is 5.56 Å². The first-order valence-corrected chi connectivity index (χ1v) is 7.08. The molecule has 21 heavy (non-hydrogen) atoms. The molecule has 5 heteroatoms. The van der Waals surface area contributed by atoms with Gasteiger partial charge in [-0.3, -0.25) is 0 Å². The predicted octanol–water partition coefficient (Wildman–Crippen LogP) is 2.59. The van der Waals surface area contributed by atoms with Gasteiger partial charge in [-0.1, -0.05) is 17.7 Å². The standard InChI is InChI=1S/C16H22N4O/c1-12-5-7-14(8-6-12)20(10-4-9-17)15-11-16(21-3)19-13(2)18-15/h5-8,11H,4,9-10,17H2,1-3H3. The number of nitrogens with zero attached hydrogens (tertiary/aromatic N) is 3. The second-order valence-corrected chi connectivity index (χ2v) is 4.95. The minimum absolute atomic E-state index is 0.572. The molecule has 0 saturated heterocycles. The number of ether oxygens (including phenoxy) is 1. The zero-order chi connectivity index (χ0) is 15.2. The van der Waals surface area contributed by atoms with Crippen LogP contribution >= 0.6 is 0 Å². The molecule has 0 radical (unpaired) electrons. The number of anilines is 2. The lowest BCUT2D eigenvalue weighted by atomic mass is 10.2. The molecule has 0 amide bonds. The van der Waals surface area contributed by atoms with Crippen LogP contribution in [-0.4, -0.2) is 30.2 Å². The Bertz CT molecular complexity index is 583. The van der Waals surface area contributed by atoms with Crippen molar-refractivity contribution in [1.82, 2.24) is 9.97 Å². The molecule has 0 bridgehead atoms. The number of aryl methyl sites for hydroxylation is 2. The molecule has 0 aliphatic rings. The van der Waals surface area contributed by atoms with E-state index in [0.29, 0.717) is 18.2 Å². The lowest BCUT2D eigenvalue weighted by Crippen LogP contribution is -2.22. The fourth-order valence-electron chi connectivity index (χ4n) is 2.12. The van der Waals surface area contributed by atoms with Gasteiger partial charge in [-0.25, -0.2) is 4.98 Å². The Labute approximate surface area is 125 Å². The van der Waals surface area contributed by atoms with Gasteiger partial charge in [-0.15, -0.1) is 0 Å². The van der Waals surface area contributed by atoms with Crippen molar-refractivity contribution in [3.63, 3.8) is 0 Å². The summed E-state index contributed by atoms with van der Waals surface area (Å²) in [5, 5.41) is 0. The van der Waals surface area contributed by atoms with E-state index in [2.05, 4.69) is 46.1 Å². The van der Waals surface area contributed by atoms with Gasteiger partial charge in [-0.2, -0.15) is 4.98 Å². The van der Waals surface area contributed by atoms with E-state index in [0.717, 1.165) is 24.5 Å². The summed E-state index contributed by atoms with van der Waals surface area (Å²) in [5.74, 6) is 2.09. The fraction of sp³-hybridized carbons (Fsp3) is 0.375. The van der Waals surface area contributed by atoms with E-state index in [1.54, 1.807) is 7.11 Å². The van der Waals surface area contributed by atoms with Crippen molar-refractivity contribution in [1.29, 1.82) is 0 Å². The first-order valence-electron chi connectivity index (χ1n) is 7.08. The van der Waals surface area contributed by atoms with Crippen LogP contribution < -0.4 is 15.4 Å². The van der Waals surface area contributed by atoms with Gasteiger partial charge in [0.05, 0.1) is 7.11 Å². The molecule has 1 heterocycles. The lowest BCUT2D eigenvalue weighted by molar-refractivity contribution is 0.395. The highest BCUT2D eigenvalue weighted by Gasteiger charge is 2.12. The number of nitrogens with two attached hydrogens (primary N) is 1. The van der Waals surface area contributed by atoms with Gasteiger partial charge in [0.15, 0.2) is 0 Å². The monoisotopic (exact) mass is 286 g/mol. The molecule has 0 saturated carbocycles. The average Bonchev–Trinajstić information content (AvgIpc) is 2.49. The number of methoxy groups -OCH3 is 1. The molecule has 0 spiro atoms. The van der Waals surface area contributed by atoms with Crippen LogP contribution in [0.25, 0.3) is 0 Å². The summed E-state index contributed by atoms with van der Waals surface area (Å²) in [6.45, 7) is 5.39. The van der Waals surface area contributed by atoms with E-state index in [-0.39, 0.29) is 0 Å². The topological polar surface area (TPSA) is 64.3 Å². The summed E-state index contributed by atoms with van der Waals surface area (Å²) in [6.07, 6.45) is 0.888. The molecule has 5 nitrogen and oxygen atoms in total. The van der Waals surface area contributed by atoms with Gasteiger partial charge in [0, 0.05) is 18.3 Å². The largest absolute Gasteiger partial charge is 0.481 e. The Kier molecular flexibility index (Phi) is 5.11. The smallest absolute Gasteiger partial charge is 0.218 e. The fourth-order valence-corrected chi connectivity index (χ4v) is 2.12. The Morgan fingerprint density at radius 2 is 1.86 bits per heavy atom. The Balaban J connectivity index is 2.39. The molecule has 2 rings (SSSR count). The van der Waals surface area contributed by atoms with Gasteiger partial charge < -0.3 is 15.4 Å². The van der Waals surface area contributed by atoms with Crippen LogP contribution in [0.2, 0.25) is 0 Å². The quantitative estimate of drug-likeness (QED) is 0.884. The molecule has 112 valence electrons. The summed E-state index contributed by atoms with van der Waals surface area (Å²) in [4.78, 5) is 10.9. The van der Waals surface area contributed by atoms with Crippen molar-refractivity contribution in [2.45, 2.75) is 20.3 Å². The maximum Gasteiger partial charge on any atom is 0.218 e. The third-order valence-corrected chi connectivity index (χ3v) is 3.22. The SMILES string of the molecule is COc1cc(N(CCCN)c2ccc(C)cc2)nc(C)n1. The summed E-state index contributed by atoms with van der Waals surface area (Å²) in [5.41, 5.74) is 7.98. The van der Waals surface area contributed by atoms with Gasteiger partial charge >= 0.3 is 0 Å². The third kappa shape index (κ3) is 3.92. The van der Waals surface area contributed by atoms with Gasteiger partial charge in [0.1, 0.15) is 11.6 Å².